The first-order valence-electron chi connectivity index (χ1n) is 7.47. The van der Waals surface area contributed by atoms with Crippen molar-refractivity contribution in [3.8, 4) is 11.5 Å². The van der Waals surface area contributed by atoms with Crippen LogP contribution in [0.2, 0.25) is 10.0 Å². The molecule has 0 radical (unpaired) electrons. The van der Waals surface area contributed by atoms with Gasteiger partial charge in [0.15, 0.2) is 11.5 Å². The molecule has 0 saturated heterocycles. The number of hydrogen-bond donors (Lipinski definition) is 1. The third-order valence-electron chi connectivity index (χ3n) is 4.51. The number of methoxy groups -OCH3 is 2. The van der Waals surface area contributed by atoms with Gasteiger partial charge >= 0.3 is 0 Å². The molecule has 0 aliphatic heterocycles. The molecular formula is C18H20Cl3NO2. The highest BCUT2D eigenvalue weighted by Gasteiger charge is 2.33. The fraction of sp³-hybridized carbons (Fsp3) is 0.333. The van der Waals surface area contributed by atoms with Gasteiger partial charge in [0.1, 0.15) is 0 Å². The Morgan fingerprint density at radius 2 is 1.58 bits per heavy atom. The molecule has 3 nitrogen and oxygen atoms in total. The highest BCUT2D eigenvalue weighted by atomic mass is 35.5. The van der Waals surface area contributed by atoms with E-state index in [1.165, 1.54) is 11.1 Å². The molecule has 0 fully saturated rings. The van der Waals surface area contributed by atoms with Gasteiger partial charge in [0.25, 0.3) is 0 Å². The molecule has 130 valence electrons. The average molecular weight is 389 g/mol. The van der Waals surface area contributed by atoms with Crippen LogP contribution >= 0.6 is 35.6 Å². The molecule has 2 aromatic rings. The third-order valence-corrected chi connectivity index (χ3v) is 5.24. The van der Waals surface area contributed by atoms with Gasteiger partial charge in [-0.05, 0) is 54.4 Å². The van der Waals surface area contributed by atoms with Gasteiger partial charge in [-0.3, -0.25) is 0 Å². The summed E-state index contributed by atoms with van der Waals surface area (Å²) in [6.07, 6.45) is 0.958. The van der Waals surface area contributed by atoms with Crippen LogP contribution in [0.25, 0.3) is 0 Å². The summed E-state index contributed by atoms with van der Waals surface area (Å²) >= 11 is 12.3. The van der Waals surface area contributed by atoms with Gasteiger partial charge in [0, 0.05) is 12.0 Å². The van der Waals surface area contributed by atoms with Crippen molar-refractivity contribution in [2.24, 2.45) is 0 Å². The lowest BCUT2D eigenvalue weighted by Gasteiger charge is -2.15. The molecule has 0 bridgehead atoms. The zero-order valence-electron chi connectivity index (χ0n) is 13.7. The molecule has 24 heavy (non-hydrogen) atoms. The number of rotatable bonds is 4. The summed E-state index contributed by atoms with van der Waals surface area (Å²) in [5.41, 5.74) is 3.63. The van der Waals surface area contributed by atoms with Crippen LogP contribution in [0.4, 0.5) is 0 Å². The summed E-state index contributed by atoms with van der Waals surface area (Å²) in [5.74, 6) is 1.74. The highest BCUT2D eigenvalue weighted by Crippen LogP contribution is 2.48. The lowest BCUT2D eigenvalue weighted by molar-refractivity contribution is 0.354. The van der Waals surface area contributed by atoms with Crippen molar-refractivity contribution in [2.45, 2.75) is 18.4 Å². The van der Waals surface area contributed by atoms with Crippen molar-refractivity contribution in [1.82, 2.24) is 5.32 Å². The van der Waals surface area contributed by atoms with Crippen molar-refractivity contribution >= 4 is 35.6 Å². The van der Waals surface area contributed by atoms with Crippen LogP contribution < -0.4 is 14.8 Å². The lowest BCUT2D eigenvalue weighted by Crippen LogP contribution is -2.13. The minimum atomic E-state index is 0. The van der Waals surface area contributed by atoms with Crippen LogP contribution in [0, 0.1) is 0 Å². The molecule has 1 aliphatic rings. The average Bonchev–Trinajstić information content (AvgIpc) is 2.93. The summed E-state index contributed by atoms with van der Waals surface area (Å²) in [6, 6.07) is 10.2. The maximum absolute atomic E-state index is 6.20. The number of fused-ring (bicyclic) bond motifs is 1. The molecule has 2 aromatic carbocycles. The molecule has 0 amide bonds. The smallest absolute Gasteiger partial charge is 0.161 e. The standard InChI is InChI=1S/C18H19Cl2NO2.ClH/c1-21-16-7-11(10-4-5-14(19)15(20)6-10)12-8-17(22-2)18(23-3)9-13(12)16;/h4-6,8-9,11,16,21H,7H2,1-3H3;1H/t11?,16-;/m1./s1. The molecule has 1 N–H and O–H groups in total. The number of halogens is 3. The quantitative estimate of drug-likeness (QED) is 0.778. The van der Waals surface area contributed by atoms with Gasteiger partial charge < -0.3 is 14.8 Å². The second-order valence-electron chi connectivity index (χ2n) is 5.64. The van der Waals surface area contributed by atoms with E-state index >= 15 is 0 Å². The van der Waals surface area contributed by atoms with Crippen LogP contribution in [-0.2, 0) is 0 Å². The molecule has 0 spiro atoms. The Morgan fingerprint density at radius 3 is 2.12 bits per heavy atom. The van der Waals surface area contributed by atoms with Gasteiger partial charge in [-0.25, -0.2) is 0 Å². The molecule has 1 unspecified atom stereocenters. The zero-order valence-corrected chi connectivity index (χ0v) is 16.1. The Labute approximate surface area is 158 Å². The fourth-order valence-electron chi connectivity index (χ4n) is 3.32. The van der Waals surface area contributed by atoms with Crippen LogP contribution in [0.5, 0.6) is 11.5 Å². The van der Waals surface area contributed by atoms with Gasteiger partial charge in [-0.2, -0.15) is 0 Å². The van der Waals surface area contributed by atoms with E-state index in [1.54, 1.807) is 14.2 Å². The van der Waals surface area contributed by atoms with Gasteiger partial charge in [0.2, 0.25) is 0 Å². The fourth-order valence-corrected chi connectivity index (χ4v) is 3.63. The molecule has 0 saturated carbocycles. The Balaban J connectivity index is 0.00000208. The summed E-state index contributed by atoms with van der Waals surface area (Å²) in [5, 5.41) is 4.54. The van der Waals surface area contributed by atoms with Crippen molar-refractivity contribution in [1.29, 1.82) is 0 Å². The van der Waals surface area contributed by atoms with E-state index in [-0.39, 0.29) is 24.4 Å². The van der Waals surface area contributed by atoms with E-state index in [2.05, 4.69) is 17.4 Å². The third kappa shape index (κ3) is 3.31. The second-order valence-corrected chi connectivity index (χ2v) is 6.45. The summed E-state index contributed by atoms with van der Waals surface area (Å²) in [7, 11) is 5.29. The summed E-state index contributed by atoms with van der Waals surface area (Å²) in [6.45, 7) is 0. The molecule has 0 aromatic heterocycles. The summed E-state index contributed by atoms with van der Waals surface area (Å²) in [4.78, 5) is 0. The first kappa shape index (κ1) is 19.2. The predicted octanol–water partition coefficient (Wildman–Crippen LogP) is 5.23. The van der Waals surface area contributed by atoms with E-state index in [1.807, 2.05) is 25.2 Å². The van der Waals surface area contributed by atoms with E-state index in [0.29, 0.717) is 10.0 Å². The molecular weight excluding hydrogens is 369 g/mol. The van der Waals surface area contributed by atoms with Gasteiger partial charge in [0.05, 0.1) is 24.3 Å². The number of nitrogens with one attached hydrogen (secondary N) is 1. The van der Waals surface area contributed by atoms with E-state index in [4.69, 9.17) is 32.7 Å². The minimum absolute atomic E-state index is 0. The van der Waals surface area contributed by atoms with Crippen LogP contribution in [-0.4, -0.2) is 21.3 Å². The maximum atomic E-state index is 6.20. The van der Waals surface area contributed by atoms with Crippen LogP contribution in [0.3, 0.4) is 0 Å². The molecule has 2 atom stereocenters. The Morgan fingerprint density at radius 1 is 0.958 bits per heavy atom. The SMILES string of the molecule is CN[C@@H]1CC(c2ccc(Cl)c(Cl)c2)c2cc(OC)c(OC)cc21.Cl. The topological polar surface area (TPSA) is 30.5 Å². The van der Waals surface area contributed by atoms with E-state index < -0.39 is 0 Å². The lowest BCUT2D eigenvalue weighted by atomic mass is 9.93. The van der Waals surface area contributed by atoms with Crippen molar-refractivity contribution in [2.75, 3.05) is 21.3 Å². The largest absolute Gasteiger partial charge is 0.493 e. The molecule has 0 heterocycles. The van der Waals surface area contributed by atoms with Gasteiger partial charge in [-0.15, -0.1) is 12.4 Å². The zero-order chi connectivity index (χ0) is 16.6. The van der Waals surface area contributed by atoms with Crippen LogP contribution in [0.1, 0.15) is 35.1 Å². The van der Waals surface area contributed by atoms with Crippen molar-refractivity contribution in [3.05, 3.63) is 57.1 Å². The van der Waals surface area contributed by atoms with E-state index in [9.17, 15) is 0 Å². The Kier molecular flexibility index (Phi) is 6.27. The first-order chi connectivity index (χ1) is 11.1. The van der Waals surface area contributed by atoms with Crippen molar-refractivity contribution < 1.29 is 9.47 Å². The molecule has 1 aliphatic carbocycles. The minimum Gasteiger partial charge on any atom is -0.493 e. The number of ether oxygens (including phenoxy) is 2. The monoisotopic (exact) mass is 387 g/mol. The first-order valence-corrected chi connectivity index (χ1v) is 8.22. The number of benzene rings is 2. The van der Waals surface area contributed by atoms with Crippen LogP contribution in [0.15, 0.2) is 30.3 Å². The predicted molar refractivity (Wildman–Crippen MR) is 102 cm³/mol. The number of hydrogen-bond acceptors (Lipinski definition) is 3. The highest BCUT2D eigenvalue weighted by molar-refractivity contribution is 6.42. The molecule has 3 rings (SSSR count). The normalized spacial score (nSPS) is 18.7. The van der Waals surface area contributed by atoms with Gasteiger partial charge in [-0.1, -0.05) is 29.3 Å². The van der Waals surface area contributed by atoms with Crippen molar-refractivity contribution in [3.63, 3.8) is 0 Å². The Bertz CT molecular complexity index is 736. The summed E-state index contributed by atoms with van der Waals surface area (Å²) < 4.78 is 10.9. The second kappa shape index (κ2) is 7.83. The Hall–Kier alpha value is -1.13. The molecule has 6 heteroatoms. The van der Waals surface area contributed by atoms with E-state index in [0.717, 1.165) is 23.5 Å². The maximum Gasteiger partial charge on any atom is 0.161 e.